The van der Waals surface area contributed by atoms with E-state index in [1.807, 2.05) is 24.6 Å². The standard InChI is InChI=1S/C13H16BrFN4/c1-8(2)19-13(11(14)7-17-19)12(18-16)9-4-3-5-10(15)6-9/h3-8,12,18H,16H2,1-2H3. The normalized spacial score (nSPS) is 12.9. The van der Waals surface area contributed by atoms with Gasteiger partial charge in [-0.15, -0.1) is 0 Å². The van der Waals surface area contributed by atoms with E-state index in [0.717, 1.165) is 15.7 Å². The summed E-state index contributed by atoms with van der Waals surface area (Å²) in [6.45, 7) is 4.06. The zero-order valence-electron chi connectivity index (χ0n) is 10.8. The number of halogens is 2. The van der Waals surface area contributed by atoms with E-state index in [1.165, 1.54) is 12.1 Å². The second-order valence-electron chi connectivity index (χ2n) is 4.57. The Labute approximate surface area is 119 Å². The van der Waals surface area contributed by atoms with E-state index < -0.39 is 0 Å². The van der Waals surface area contributed by atoms with Gasteiger partial charge in [-0.2, -0.15) is 5.10 Å². The first-order chi connectivity index (χ1) is 9.04. The number of hydrogen-bond donors (Lipinski definition) is 2. The first-order valence-electron chi connectivity index (χ1n) is 5.99. The van der Waals surface area contributed by atoms with Crippen LogP contribution in [0.2, 0.25) is 0 Å². The molecule has 1 heterocycles. The third-order valence-corrected chi connectivity index (χ3v) is 3.51. The predicted octanol–water partition coefficient (Wildman–Crippen LogP) is 2.92. The van der Waals surface area contributed by atoms with Gasteiger partial charge in [0.05, 0.1) is 22.4 Å². The summed E-state index contributed by atoms with van der Waals surface area (Å²) in [6.07, 6.45) is 1.72. The Morgan fingerprint density at radius 1 is 1.42 bits per heavy atom. The Balaban J connectivity index is 2.51. The van der Waals surface area contributed by atoms with Crippen molar-refractivity contribution in [2.24, 2.45) is 5.84 Å². The van der Waals surface area contributed by atoms with Gasteiger partial charge in [0.1, 0.15) is 5.82 Å². The lowest BCUT2D eigenvalue weighted by atomic mass is 10.0. The fraction of sp³-hybridized carbons (Fsp3) is 0.308. The molecular weight excluding hydrogens is 311 g/mol. The van der Waals surface area contributed by atoms with Crippen LogP contribution in [-0.2, 0) is 0 Å². The third kappa shape index (κ3) is 2.86. The van der Waals surface area contributed by atoms with Crippen LogP contribution in [0.3, 0.4) is 0 Å². The highest BCUT2D eigenvalue weighted by molar-refractivity contribution is 9.10. The van der Waals surface area contributed by atoms with Gasteiger partial charge in [-0.25, -0.2) is 9.82 Å². The van der Waals surface area contributed by atoms with E-state index in [1.54, 1.807) is 12.3 Å². The van der Waals surface area contributed by atoms with Gasteiger partial charge in [0, 0.05) is 6.04 Å². The summed E-state index contributed by atoms with van der Waals surface area (Å²) in [6, 6.07) is 6.23. The lowest BCUT2D eigenvalue weighted by Crippen LogP contribution is -2.31. The summed E-state index contributed by atoms with van der Waals surface area (Å²) in [5.74, 6) is 5.36. The van der Waals surface area contributed by atoms with Crippen LogP contribution in [0.1, 0.15) is 37.2 Å². The molecule has 1 unspecified atom stereocenters. The molecule has 0 saturated heterocycles. The zero-order chi connectivity index (χ0) is 14.0. The van der Waals surface area contributed by atoms with Gasteiger partial charge in [0.2, 0.25) is 0 Å². The van der Waals surface area contributed by atoms with Crippen molar-refractivity contribution in [2.75, 3.05) is 0 Å². The molecule has 0 aliphatic carbocycles. The summed E-state index contributed by atoms with van der Waals surface area (Å²) in [5.41, 5.74) is 4.36. The van der Waals surface area contributed by atoms with Crippen LogP contribution in [0.25, 0.3) is 0 Å². The number of benzene rings is 1. The number of nitrogens with two attached hydrogens (primary N) is 1. The van der Waals surface area contributed by atoms with Crippen molar-refractivity contribution in [3.8, 4) is 0 Å². The molecule has 3 N–H and O–H groups in total. The van der Waals surface area contributed by atoms with Gasteiger partial charge in [-0.1, -0.05) is 12.1 Å². The van der Waals surface area contributed by atoms with Crippen LogP contribution in [0, 0.1) is 5.82 Å². The van der Waals surface area contributed by atoms with Crippen LogP contribution in [0.15, 0.2) is 34.9 Å². The van der Waals surface area contributed by atoms with Crippen molar-refractivity contribution in [1.29, 1.82) is 0 Å². The summed E-state index contributed by atoms with van der Waals surface area (Å²) >= 11 is 3.47. The van der Waals surface area contributed by atoms with Crippen molar-refractivity contribution in [3.63, 3.8) is 0 Å². The second-order valence-corrected chi connectivity index (χ2v) is 5.43. The molecule has 2 aromatic rings. The Morgan fingerprint density at radius 3 is 2.74 bits per heavy atom. The Morgan fingerprint density at radius 2 is 2.16 bits per heavy atom. The van der Waals surface area contributed by atoms with Gasteiger partial charge >= 0.3 is 0 Å². The van der Waals surface area contributed by atoms with Crippen molar-refractivity contribution < 1.29 is 4.39 Å². The molecule has 4 nitrogen and oxygen atoms in total. The highest BCUT2D eigenvalue weighted by Crippen LogP contribution is 2.30. The van der Waals surface area contributed by atoms with Gasteiger partial charge in [-0.3, -0.25) is 10.5 Å². The first kappa shape index (κ1) is 14.2. The monoisotopic (exact) mass is 326 g/mol. The molecule has 0 bridgehead atoms. The molecule has 0 radical (unpaired) electrons. The number of hydrazine groups is 1. The molecule has 1 aromatic carbocycles. The van der Waals surface area contributed by atoms with E-state index in [-0.39, 0.29) is 17.9 Å². The largest absolute Gasteiger partial charge is 0.271 e. The summed E-state index contributed by atoms with van der Waals surface area (Å²) in [7, 11) is 0. The third-order valence-electron chi connectivity index (χ3n) is 2.90. The quantitative estimate of drug-likeness (QED) is 0.671. The molecule has 0 saturated carbocycles. The molecule has 0 spiro atoms. The zero-order valence-corrected chi connectivity index (χ0v) is 12.4. The van der Waals surface area contributed by atoms with Crippen LogP contribution in [-0.4, -0.2) is 9.78 Å². The number of hydrogen-bond acceptors (Lipinski definition) is 3. The molecule has 0 aliphatic heterocycles. The Hall–Kier alpha value is -1.24. The lowest BCUT2D eigenvalue weighted by Gasteiger charge is -2.20. The van der Waals surface area contributed by atoms with Crippen molar-refractivity contribution in [2.45, 2.75) is 25.9 Å². The van der Waals surface area contributed by atoms with Crippen molar-refractivity contribution >= 4 is 15.9 Å². The van der Waals surface area contributed by atoms with E-state index in [0.29, 0.717) is 0 Å². The molecule has 19 heavy (non-hydrogen) atoms. The average Bonchev–Trinajstić information content (AvgIpc) is 2.73. The van der Waals surface area contributed by atoms with Gasteiger partial charge in [0.15, 0.2) is 0 Å². The number of nitrogens with zero attached hydrogens (tertiary/aromatic N) is 2. The minimum absolute atomic E-state index is 0.186. The fourth-order valence-electron chi connectivity index (χ4n) is 2.05. The predicted molar refractivity (Wildman–Crippen MR) is 75.9 cm³/mol. The molecule has 102 valence electrons. The van der Waals surface area contributed by atoms with E-state index in [4.69, 9.17) is 5.84 Å². The van der Waals surface area contributed by atoms with Crippen molar-refractivity contribution in [3.05, 3.63) is 52.0 Å². The fourth-order valence-corrected chi connectivity index (χ4v) is 2.55. The second kappa shape index (κ2) is 5.81. The first-order valence-corrected chi connectivity index (χ1v) is 6.78. The molecule has 0 aliphatic rings. The Bertz CT molecular complexity index is 568. The SMILES string of the molecule is CC(C)n1ncc(Br)c1C(NN)c1cccc(F)c1. The van der Waals surface area contributed by atoms with Crippen LogP contribution < -0.4 is 11.3 Å². The average molecular weight is 327 g/mol. The maximum absolute atomic E-state index is 13.4. The number of rotatable bonds is 4. The maximum Gasteiger partial charge on any atom is 0.123 e. The van der Waals surface area contributed by atoms with Crippen LogP contribution in [0.4, 0.5) is 4.39 Å². The summed E-state index contributed by atoms with van der Waals surface area (Å²) < 4.78 is 16.1. The molecule has 0 fully saturated rings. The van der Waals surface area contributed by atoms with Gasteiger partial charge < -0.3 is 0 Å². The van der Waals surface area contributed by atoms with E-state index in [2.05, 4.69) is 26.5 Å². The van der Waals surface area contributed by atoms with Gasteiger partial charge in [-0.05, 0) is 47.5 Å². The molecule has 2 rings (SSSR count). The van der Waals surface area contributed by atoms with Crippen molar-refractivity contribution in [1.82, 2.24) is 15.2 Å². The number of nitrogens with one attached hydrogen (secondary N) is 1. The topological polar surface area (TPSA) is 55.9 Å². The van der Waals surface area contributed by atoms with Crippen LogP contribution >= 0.6 is 15.9 Å². The molecular formula is C13H16BrFN4. The molecule has 6 heteroatoms. The number of aromatic nitrogens is 2. The maximum atomic E-state index is 13.4. The summed E-state index contributed by atoms with van der Waals surface area (Å²) in [5, 5.41) is 4.31. The van der Waals surface area contributed by atoms with E-state index >= 15 is 0 Å². The smallest absolute Gasteiger partial charge is 0.123 e. The lowest BCUT2D eigenvalue weighted by molar-refractivity contribution is 0.474. The molecule has 0 amide bonds. The minimum Gasteiger partial charge on any atom is -0.271 e. The Kier molecular flexibility index (Phi) is 4.34. The highest BCUT2D eigenvalue weighted by Gasteiger charge is 2.22. The van der Waals surface area contributed by atoms with E-state index in [9.17, 15) is 4.39 Å². The van der Waals surface area contributed by atoms with Crippen LogP contribution in [0.5, 0.6) is 0 Å². The molecule has 1 aromatic heterocycles. The summed E-state index contributed by atoms with van der Waals surface area (Å²) in [4.78, 5) is 0. The minimum atomic E-state index is -0.324. The highest BCUT2D eigenvalue weighted by atomic mass is 79.9. The molecule has 1 atom stereocenters. The van der Waals surface area contributed by atoms with Gasteiger partial charge in [0.25, 0.3) is 0 Å².